The van der Waals surface area contributed by atoms with Crippen LogP contribution in [0.25, 0.3) is 10.9 Å². The van der Waals surface area contributed by atoms with Crippen LogP contribution in [-0.2, 0) is 21.7 Å². The Bertz CT molecular complexity index is 2210. The van der Waals surface area contributed by atoms with Crippen molar-refractivity contribution in [3.05, 3.63) is 140 Å². The van der Waals surface area contributed by atoms with Crippen molar-refractivity contribution in [1.82, 2.24) is 20.9 Å². The molecule has 13 nitrogen and oxygen atoms in total. The molecule has 0 aliphatic heterocycles. The quantitative estimate of drug-likeness (QED) is 0.0831. The Morgan fingerprint density at radius 2 is 1.64 bits per heavy atom. The molecule has 1 heterocycles. The lowest BCUT2D eigenvalue weighted by molar-refractivity contribution is -0.155. The fourth-order valence-corrected chi connectivity index (χ4v) is 6.59. The summed E-state index contributed by atoms with van der Waals surface area (Å²) in [5.74, 6) is -2.07. The number of aromatic amines is 1. The maximum Gasteiger partial charge on any atom is 0.345 e. The van der Waals surface area contributed by atoms with Gasteiger partial charge < -0.3 is 46.1 Å². The first-order chi connectivity index (χ1) is 25.4. The summed E-state index contributed by atoms with van der Waals surface area (Å²) in [6.07, 6.45) is 0.0763. The van der Waals surface area contributed by atoms with Crippen molar-refractivity contribution in [2.45, 2.75) is 43.2 Å². The minimum atomic E-state index is -2.31. The largest absolute Gasteiger partial charge is 0.506 e. The number of phenolic OH excluding ortho intramolecular Hbond substituents is 1. The summed E-state index contributed by atoms with van der Waals surface area (Å²) in [7, 11) is 0. The second-order valence-electron chi connectivity index (χ2n) is 12.9. The molecular formula is C39H37ClN4O9. The van der Waals surface area contributed by atoms with E-state index in [9.17, 15) is 39.6 Å². The van der Waals surface area contributed by atoms with Gasteiger partial charge in [0.05, 0.1) is 22.2 Å². The van der Waals surface area contributed by atoms with E-state index in [4.69, 9.17) is 16.3 Å². The number of carboxylic acids is 1. The normalized spacial score (nSPS) is 16.9. The molecule has 53 heavy (non-hydrogen) atoms. The molecule has 6 rings (SSSR count). The van der Waals surface area contributed by atoms with Gasteiger partial charge in [-0.15, -0.1) is 0 Å². The number of ether oxygens (including phenoxy) is 1. The molecule has 1 saturated carbocycles. The van der Waals surface area contributed by atoms with E-state index in [1.165, 1.54) is 42.5 Å². The molecule has 4 aromatic carbocycles. The van der Waals surface area contributed by atoms with E-state index >= 15 is 0 Å². The van der Waals surface area contributed by atoms with Gasteiger partial charge in [-0.25, -0.2) is 4.79 Å². The number of carbonyl (C=O) groups is 3. The molecule has 274 valence electrons. The molecule has 1 aromatic heterocycles. The van der Waals surface area contributed by atoms with Gasteiger partial charge in [0.2, 0.25) is 11.2 Å². The van der Waals surface area contributed by atoms with Gasteiger partial charge in [0.15, 0.2) is 6.61 Å². The van der Waals surface area contributed by atoms with Gasteiger partial charge in [-0.2, -0.15) is 0 Å². The SMILES string of the molecule is O=C(COc1cccc(C(O)(C(=O)O)c2ccccc2)c1)NC1CC(NC(=O)c2ccc(CNCC(O)c3ccc(O)c4[nH]c(=O)ccc34)cc2Cl)C1. The van der Waals surface area contributed by atoms with Crippen molar-refractivity contribution in [2.75, 3.05) is 13.2 Å². The number of nitrogens with one attached hydrogen (secondary N) is 4. The molecule has 1 aliphatic carbocycles. The molecule has 5 aromatic rings. The minimum Gasteiger partial charge on any atom is -0.506 e. The monoisotopic (exact) mass is 740 g/mol. The summed E-state index contributed by atoms with van der Waals surface area (Å²) in [5.41, 5.74) is -0.541. The van der Waals surface area contributed by atoms with Crippen molar-refractivity contribution in [1.29, 1.82) is 0 Å². The molecule has 1 aliphatic rings. The van der Waals surface area contributed by atoms with Crippen LogP contribution in [0, 0.1) is 0 Å². The summed E-state index contributed by atoms with van der Waals surface area (Å²) in [6, 6.07) is 24.5. The second kappa shape index (κ2) is 15.9. The number of aromatic hydroxyl groups is 1. The summed E-state index contributed by atoms with van der Waals surface area (Å²) >= 11 is 6.46. The smallest absolute Gasteiger partial charge is 0.345 e. The van der Waals surface area contributed by atoms with Gasteiger partial charge in [0, 0.05) is 42.2 Å². The average Bonchev–Trinajstić information content (AvgIpc) is 3.13. The Morgan fingerprint density at radius 1 is 0.906 bits per heavy atom. The first-order valence-corrected chi connectivity index (χ1v) is 17.2. The van der Waals surface area contributed by atoms with E-state index in [2.05, 4.69) is 20.9 Å². The lowest BCUT2D eigenvalue weighted by atomic mass is 9.86. The van der Waals surface area contributed by atoms with Crippen LogP contribution in [0.2, 0.25) is 5.02 Å². The summed E-state index contributed by atoms with van der Waals surface area (Å²) in [4.78, 5) is 51.9. The second-order valence-corrected chi connectivity index (χ2v) is 13.3. The van der Waals surface area contributed by atoms with Gasteiger partial charge in [-0.1, -0.05) is 66.2 Å². The molecule has 0 radical (unpaired) electrons. The zero-order valence-electron chi connectivity index (χ0n) is 28.2. The van der Waals surface area contributed by atoms with Crippen LogP contribution in [0.5, 0.6) is 11.5 Å². The number of hydrogen-bond donors (Lipinski definition) is 8. The average molecular weight is 741 g/mol. The fraction of sp³-hybridized carbons (Fsp3) is 0.231. The van der Waals surface area contributed by atoms with Crippen LogP contribution < -0.4 is 26.2 Å². The summed E-state index contributed by atoms with van der Waals surface area (Å²) < 4.78 is 5.60. The highest BCUT2D eigenvalue weighted by atomic mass is 35.5. The molecule has 0 bridgehead atoms. The van der Waals surface area contributed by atoms with Crippen LogP contribution in [-0.4, -0.2) is 68.4 Å². The number of aliphatic hydroxyl groups excluding tert-OH is 1. The van der Waals surface area contributed by atoms with Gasteiger partial charge >= 0.3 is 5.97 Å². The van der Waals surface area contributed by atoms with Crippen molar-refractivity contribution in [2.24, 2.45) is 0 Å². The highest BCUT2D eigenvalue weighted by molar-refractivity contribution is 6.33. The highest BCUT2D eigenvalue weighted by Gasteiger charge is 2.40. The molecule has 14 heteroatoms. The number of fused-ring (bicyclic) bond motifs is 1. The lowest BCUT2D eigenvalue weighted by Gasteiger charge is -2.36. The summed E-state index contributed by atoms with van der Waals surface area (Å²) in [5, 5.41) is 51.6. The van der Waals surface area contributed by atoms with Crippen molar-refractivity contribution in [3.63, 3.8) is 0 Å². The van der Waals surface area contributed by atoms with Crippen molar-refractivity contribution in [3.8, 4) is 11.5 Å². The number of carboxylic acid groups (broad SMARTS) is 1. The fourth-order valence-electron chi connectivity index (χ4n) is 6.30. The Morgan fingerprint density at radius 3 is 2.38 bits per heavy atom. The Hall–Kier alpha value is -5.73. The third kappa shape index (κ3) is 8.34. The summed E-state index contributed by atoms with van der Waals surface area (Å²) in [6.45, 7) is 0.186. The van der Waals surface area contributed by atoms with E-state index in [1.54, 1.807) is 54.6 Å². The van der Waals surface area contributed by atoms with E-state index in [-0.39, 0.29) is 69.9 Å². The topological polar surface area (TPSA) is 210 Å². The number of hydrogen-bond acceptors (Lipinski definition) is 9. The van der Waals surface area contributed by atoms with Crippen LogP contribution >= 0.6 is 11.6 Å². The lowest BCUT2D eigenvalue weighted by Crippen LogP contribution is -2.54. The zero-order valence-corrected chi connectivity index (χ0v) is 29.0. The number of aliphatic carboxylic acids is 1. The zero-order chi connectivity index (χ0) is 37.7. The molecule has 0 saturated heterocycles. The number of phenols is 1. The Balaban J connectivity index is 0.938. The van der Waals surface area contributed by atoms with Crippen molar-refractivity contribution >= 4 is 40.3 Å². The van der Waals surface area contributed by atoms with E-state index in [0.717, 1.165) is 5.56 Å². The Labute approximate surface area is 308 Å². The van der Waals surface area contributed by atoms with E-state index in [0.29, 0.717) is 35.9 Å². The number of benzene rings is 4. The standard InChI is InChI=1S/C39H37ClN4O9/c40-31-15-22(19-41-20-33(46)28-11-13-32(45)36-29(28)12-14-34(47)44-36)9-10-30(31)37(49)43-26-17-25(18-26)42-35(48)21-53-27-8-4-7-24(16-27)39(52,38(50)51)23-5-2-1-3-6-23/h1-16,25-26,33,41,45-46,52H,17-21H2,(H,42,48)(H,43,49)(H,44,47)(H,50,51). The predicted molar refractivity (Wildman–Crippen MR) is 196 cm³/mol. The van der Waals surface area contributed by atoms with E-state index in [1.807, 2.05) is 0 Å². The Kier molecular flexibility index (Phi) is 11.1. The molecule has 1 fully saturated rings. The van der Waals surface area contributed by atoms with Crippen LogP contribution in [0.4, 0.5) is 0 Å². The van der Waals surface area contributed by atoms with Crippen LogP contribution in [0.15, 0.2) is 102 Å². The van der Waals surface area contributed by atoms with Crippen LogP contribution in [0.3, 0.4) is 0 Å². The van der Waals surface area contributed by atoms with Gasteiger partial charge in [0.25, 0.3) is 11.8 Å². The molecule has 0 spiro atoms. The minimum absolute atomic E-state index is 0.0786. The number of halogens is 1. The maximum absolute atomic E-state index is 13.0. The number of aromatic nitrogens is 1. The number of aliphatic hydroxyl groups is 2. The molecule has 2 unspecified atom stereocenters. The first kappa shape index (κ1) is 37.0. The molecular weight excluding hydrogens is 704 g/mol. The highest BCUT2D eigenvalue weighted by Crippen LogP contribution is 2.32. The number of amides is 2. The van der Waals surface area contributed by atoms with Crippen LogP contribution in [0.1, 0.15) is 51.6 Å². The third-order valence-electron chi connectivity index (χ3n) is 9.17. The predicted octanol–water partition coefficient (Wildman–Crippen LogP) is 3.49. The number of rotatable bonds is 14. The van der Waals surface area contributed by atoms with Gasteiger partial charge in [0.1, 0.15) is 11.5 Å². The number of pyridine rings is 1. The van der Waals surface area contributed by atoms with Gasteiger partial charge in [-0.05, 0) is 65.9 Å². The number of carbonyl (C=O) groups excluding carboxylic acids is 2. The number of H-pyrrole nitrogens is 1. The molecule has 2 atom stereocenters. The molecule has 8 N–H and O–H groups in total. The van der Waals surface area contributed by atoms with Crippen molar-refractivity contribution < 1.29 is 39.5 Å². The van der Waals surface area contributed by atoms with Gasteiger partial charge in [-0.3, -0.25) is 14.4 Å². The third-order valence-corrected chi connectivity index (χ3v) is 9.48. The van der Waals surface area contributed by atoms with E-state index < -0.39 is 23.6 Å². The first-order valence-electron chi connectivity index (χ1n) is 16.8. The maximum atomic E-state index is 13.0. The molecule has 2 amide bonds.